The van der Waals surface area contributed by atoms with Gasteiger partial charge in [-0.25, -0.2) is 9.36 Å². The smallest absolute Gasteiger partial charge is 0.335 e. The van der Waals surface area contributed by atoms with E-state index in [4.69, 9.17) is 11.6 Å². The van der Waals surface area contributed by atoms with Crippen molar-refractivity contribution in [2.24, 2.45) is 4.99 Å². The van der Waals surface area contributed by atoms with Crippen LogP contribution in [0, 0.1) is 0 Å². The number of aromatic amines is 2. The van der Waals surface area contributed by atoms with Gasteiger partial charge in [-0.3, -0.25) is 14.8 Å². The molecule has 2 heterocycles. The zero-order valence-electron chi connectivity index (χ0n) is 16.8. The summed E-state index contributed by atoms with van der Waals surface area (Å²) < 4.78 is 0.995. The molecule has 3 N–H and O–H groups in total. The number of aliphatic imine (C=N–C) groups is 1. The van der Waals surface area contributed by atoms with Crippen LogP contribution in [0.2, 0.25) is 5.02 Å². The molecule has 0 fully saturated rings. The van der Waals surface area contributed by atoms with Crippen LogP contribution >= 0.6 is 11.6 Å². The molecular formula is C23H21ClN4O3. The Kier molecular flexibility index (Phi) is 5.77. The van der Waals surface area contributed by atoms with Gasteiger partial charge in [0.15, 0.2) is 0 Å². The van der Waals surface area contributed by atoms with E-state index >= 15 is 0 Å². The molecule has 0 spiro atoms. The third-order valence-electron chi connectivity index (χ3n) is 5.20. The lowest BCUT2D eigenvalue weighted by molar-refractivity contribution is 0.430. The fourth-order valence-electron chi connectivity index (χ4n) is 3.55. The minimum absolute atomic E-state index is 0.0862. The third kappa shape index (κ3) is 4.18. The monoisotopic (exact) mass is 436 g/mol. The van der Waals surface area contributed by atoms with Gasteiger partial charge in [0.2, 0.25) is 5.88 Å². The minimum atomic E-state index is -0.757. The molecule has 2 aromatic carbocycles. The number of aromatic hydroxyl groups is 1. The summed E-state index contributed by atoms with van der Waals surface area (Å²) in [5, 5.41) is 12.2. The van der Waals surface area contributed by atoms with Gasteiger partial charge in [0, 0.05) is 28.3 Å². The summed E-state index contributed by atoms with van der Waals surface area (Å²) in [7, 11) is 0. The van der Waals surface area contributed by atoms with Gasteiger partial charge in [-0.2, -0.15) is 0 Å². The highest BCUT2D eigenvalue weighted by molar-refractivity contribution is 6.30. The van der Waals surface area contributed by atoms with Crippen molar-refractivity contribution in [1.82, 2.24) is 14.5 Å². The molecule has 0 saturated heterocycles. The highest BCUT2D eigenvalue weighted by atomic mass is 35.5. The lowest BCUT2D eigenvalue weighted by Gasteiger charge is -2.11. The summed E-state index contributed by atoms with van der Waals surface area (Å²) in [6.07, 6.45) is 4.70. The molecule has 0 saturated carbocycles. The number of H-pyrrole nitrogens is 2. The minimum Gasteiger partial charge on any atom is -0.493 e. The molecule has 0 aliphatic rings. The molecule has 1 atom stereocenters. The largest absolute Gasteiger partial charge is 0.493 e. The number of fused-ring (bicyclic) bond motifs is 1. The first-order valence-corrected chi connectivity index (χ1v) is 10.3. The topological polar surface area (TPSA) is 103 Å². The molecule has 4 aromatic rings. The number of para-hydroxylation sites is 1. The van der Waals surface area contributed by atoms with E-state index in [2.05, 4.69) is 21.0 Å². The molecule has 0 bridgehead atoms. The Labute approximate surface area is 182 Å². The van der Waals surface area contributed by atoms with Gasteiger partial charge in [-0.15, -0.1) is 0 Å². The maximum Gasteiger partial charge on any atom is 0.335 e. The van der Waals surface area contributed by atoms with E-state index in [1.165, 1.54) is 12.3 Å². The van der Waals surface area contributed by atoms with E-state index in [0.29, 0.717) is 17.1 Å². The van der Waals surface area contributed by atoms with Gasteiger partial charge in [-0.05, 0) is 42.7 Å². The van der Waals surface area contributed by atoms with E-state index in [1.807, 2.05) is 31.3 Å². The summed E-state index contributed by atoms with van der Waals surface area (Å²) in [5.74, 6) is -0.485. The Balaban J connectivity index is 1.68. The van der Waals surface area contributed by atoms with Crippen molar-refractivity contribution in [2.45, 2.75) is 25.8 Å². The first-order chi connectivity index (χ1) is 15.0. The Morgan fingerprint density at radius 2 is 2.00 bits per heavy atom. The van der Waals surface area contributed by atoms with Gasteiger partial charge in [0.25, 0.3) is 5.56 Å². The van der Waals surface area contributed by atoms with Gasteiger partial charge in [0.05, 0.1) is 11.7 Å². The number of rotatable bonds is 6. The predicted molar refractivity (Wildman–Crippen MR) is 123 cm³/mol. The Morgan fingerprint density at radius 1 is 1.19 bits per heavy atom. The number of aromatic nitrogens is 3. The normalized spacial score (nSPS) is 12.6. The van der Waals surface area contributed by atoms with Crippen molar-refractivity contribution in [3.8, 4) is 11.6 Å². The molecule has 0 aliphatic carbocycles. The van der Waals surface area contributed by atoms with Crippen LogP contribution in [0.1, 0.15) is 24.5 Å². The van der Waals surface area contributed by atoms with Crippen molar-refractivity contribution in [3.05, 3.63) is 91.7 Å². The number of nitrogens with one attached hydrogen (secondary N) is 2. The molecule has 4 rings (SSSR count). The van der Waals surface area contributed by atoms with Crippen LogP contribution in [0.5, 0.6) is 5.88 Å². The second kappa shape index (κ2) is 8.65. The van der Waals surface area contributed by atoms with E-state index in [1.54, 1.807) is 18.2 Å². The van der Waals surface area contributed by atoms with E-state index in [0.717, 1.165) is 27.5 Å². The lowest BCUT2D eigenvalue weighted by atomic mass is 10.0. The molecule has 0 amide bonds. The lowest BCUT2D eigenvalue weighted by Crippen LogP contribution is -2.31. The van der Waals surface area contributed by atoms with Crippen LogP contribution in [0.15, 0.2) is 69.3 Å². The molecule has 2 aromatic heterocycles. The zero-order chi connectivity index (χ0) is 22.0. The fraction of sp³-hybridized carbons (Fsp3) is 0.174. The Morgan fingerprint density at radius 3 is 2.77 bits per heavy atom. The summed E-state index contributed by atoms with van der Waals surface area (Å²) in [6, 6.07) is 14.3. The average molecular weight is 437 g/mol. The van der Waals surface area contributed by atoms with Gasteiger partial charge in [-0.1, -0.05) is 42.8 Å². The highest BCUT2D eigenvalue weighted by Crippen LogP contribution is 2.22. The molecule has 0 radical (unpaired) electrons. The highest BCUT2D eigenvalue weighted by Gasteiger charge is 2.16. The molecule has 0 aliphatic heterocycles. The average Bonchev–Trinajstić information content (AvgIpc) is 3.15. The van der Waals surface area contributed by atoms with Crippen molar-refractivity contribution in [3.63, 3.8) is 0 Å². The summed E-state index contributed by atoms with van der Waals surface area (Å²) in [4.78, 5) is 34.7. The molecule has 7 nitrogen and oxygen atoms in total. The van der Waals surface area contributed by atoms with Crippen LogP contribution in [-0.4, -0.2) is 31.9 Å². The first kappa shape index (κ1) is 20.7. The number of hydrogen-bond donors (Lipinski definition) is 3. The summed E-state index contributed by atoms with van der Waals surface area (Å²) in [5.41, 5.74) is 0.976. The van der Waals surface area contributed by atoms with E-state index in [-0.39, 0.29) is 11.6 Å². The first-order valence-electron chi connectivity index (χ1n) is 9.90. The number of nitrogens with zero attached hydrogens (tertiary/aromatic N) is 2. The summed E-state index contributed by atoms with van der Waals surface area (Å²) in [6.45, 7) is 2.01. The van der Waals surface area contributed by atoms with Crippen molar-refractivity contribution in [1.29, 1.82) is 0 Å². The fourth-order valence-corrected chi connectivity index (χ4v) is 3.73. The zero-order valence-corrected chi connectivity index (χ0v) is 17.6. The van der Waals surface area contributed by atoms with Gasteiger partial charge >= 0.3 is 5.69 Å². The van der Waals surface area contributed by atoms with Gasteiger partial charge < -0.3 is 10.1 Å². The van der Waals surface area contributed by atoms with Gasteiger partial charge in [0.1, 0.15) is 5.56 Å². The second-order valence-corrected chi connectivity index (χ2v) is 7.65. The van der Waals surface area contributed by atoms with Crippen LogP contribution in [0.4, 0.5) is 0 Å². The molecule has 1 unspecified atom stereocenters. The van der Waals surface area contributed by atoms with Crippen LogP contribution in [0.3, 0.4) is 0 Å². The van der Waals surface area contributed by atoms with E-state index < -0.39 is 17.1 Å². The van der Waals surface area contributed by atoms with Crippen LogP contribution in [-0.2, 0) is 6.42 Å². The Bertz CT molecular complexity index is 1380. The van der Waals surface area contributed by atoms with Crippen molar-refractivity contribution < 1.29 is 5.11 Å². The van der Waals surface area contributed by atoms with E-state index in [9.17, 15) is 14.7 Å². The predicted octanol–water partition coefficient (Wildman–Crippen LogP) is 3.81. The molecular weight excluding hydrogens is 416 g/mol. The van der Waals surface area contributed by atoms with Crippen LogP contribution in [0.25, 0.3) is 16.6 Å². The third-order valence-corrected chi connectivity index (χ3v) is 5.44. The SMILES string of the molecule is CCC(Cc1c[nH]c2ccccc12)N=Cc1c(O)n(-c2cccc(Cl)c2)c(=O)[nH]c1=O. The summed E-state index contributed by atoms with van der Waals surface area (Å²) >= 11 is 6.00. The number of hydrogen-bond acceptors (Lipinski definition) is 4. The quantitative estimate of drug-likeness (QED) is 0.400. The van der Waals surface area contributed by atoms with Crippen molar-refractivity contribution >= 4 is 28.7 Å². The Hall–Kier alpha value is -3.58. The second-order valence-electron chi connectivity index (χ2n) is 7.22. The van der Waals surface area contributed by atoms with Crippen LogP contribution < -0.4 is 11.2 Å². The standard InChI is InChI=1S/C23H21ClN4O3/c1-2-16(10-14-12-26-20-9-4-3-8-18(14)20)25-13-19-21(29)27-23(31)28(22(19)30)17-7-5-6-15(24)11-17/h3-9,11-13,16,26,30H,2,10H2,1H3,(H,27,29,31). The maximum absolute atomic E-state index is 12.4. The molecule has 158 valence electrons. The number of benzene rings is 2. The van der Waals surface area contributed by atoms with Crippen molar-refractivity contribution in [2.75, 3.05) is 0 Å². The molecule has 8 heteroatoms. The number of halogens is 1. The molecule has 31 heavy (non-hydrogen) atoms. The maximum atomic E-state index is 12.4.